The summed E-state index contributed by atoms with van der Waals surface area (Å²) in [6.45, 7) is 6.70. The number of nitro groups is 1. The third kappa shape index (κ3) is 6.05. The maximum absolute atomic E-state index is 13.1. The molecule has 38 heavy (non-hydrogen) atoms. The number of nitrogens with zero attached hydrogens (tertiary/aromatic N) is 4. The lowest BCUT2D eigenvalue weighted by Gasteiger charge is -2.46. The van der Waals surface area contributed by atoms with Crippen molar-refractivity contribution in [3.05, 3.63) is 56.3 Å². The molecule has 2 aliphatic rings. The number of ether oxygens (including phenoxy) is 1. The number of benzene rings is 1. The van der Waals surface area contributed by atoms with E-state index >= 15 is 0 Å². The van der Waals surface area contributed by atoms with Gasteiger partial charge in [-0.05, 0) is 37.4 Å². The molecule has 0 saturated carbocycles. The summed E-state index contributed by atoms with van der Waals surface area (Å²) in [6.07, 6.45) is -0.310. The Balaban J connectivity index is 1.52. The first kappa shape index (κ1) is 27.3. The highest BCUT2D eigenvalue weighted by Gasteiger charge is 2.37. The number of rotatable bonds is 7. The van der Waals surface area contributed by atoms with E-state index < -0.39 is 22.8 Å². The van der Waals surface area contributed by atoms with Crippen molar-refractivity contribution in [1.29, 1.82) is 0 Å². The monoisotopic (exact) mass is 545 g/mol. The van der Waals surface area contributed by atoms with Gasteiger partial charge in [0.15, 0.2) is 0 Å². The van der Waals surface area contributed by atoms with Crippen molar-refractivity contribution in [1.82, 2.24) is 15.1 Å². The number of hydrogen-bond donors (Lipinski definition) is 2. The number of morpholine rings is 1. The Labute approximate surface area is 223 Å². The molecule has 2 N–H and O–H groups in total. The lowest BCUT2D eigenvalue weighted by atomic mass is 10.0. The van der Waals surface area contributed by atoms with E-state index in [0.717, 1.165) is 0 Å². The summed E-state index contributed by atoms with van der Waals surface area (Å²) in [6, 6.07) is 6.57. The zero-order valence-corrected chi connectivity index (χ0v) is 22.1. The van der Waals surface area contributed by atoms with Crippen LogP contribution in [0.1, 0.15) is 41.5 Å². The van der Waals surface area contributed by atoms with Gasteiger partial charge < -0.3 is 29.9 Å². The SMILES string of the molecule is CC1CN(c2ccc(C(=O)NC(CC(=O)O)c3cccs3)cc2[N+](=O)[O-])C(C)CN1C(=O)N1CCOCC1. The number of nitrogens with one attached hydrogen (secondary N) is 1. The molecule has 2 saturated heterocycles. The Hall–Kier alpha value is -3.71. The normalized spacial score (nSPS) is 20.6. The van der Waals surface area contributed by atoms with Crippen molar-refractivity contribution in [2.75, 3.05) is 44.3 Å². The third-order valence-corrected chi connectivity index (χ3v) is 7.81. The second kappa shape index (κ2) is 11.8. The van der Waals surface area contributed by atoms with Crippen LogP contribution in [0.5, 0.6) is 0 Å². The highest BCUT2D eigenvalue weighted by Crippen LogP contribution is 2.34. The molecule has 0 spiro atoms. The van der Waals surface area contributed by atoms with E-state index in [0.29, 0.717) is 50.0 Å². The molecule has 3 amide bonds. The molecule has 2 aliphatic heterocycles. The van der Waals surface area contributed by atoms with E-state index in [2.05, 4.69) is 5.32 Å². The van der Waals surface area contributed by atoms with Crippen molar-refractivity contribution >= 4 is 40.6 Å². The molecule has 2 aromatic rings. The maximum Gasteiger partial charge on any atom is 0.320 e. The zero-order chi connectivity index (χ0) is 27.4. The Kier molecular flexibility index (Phi) is 8.47. The van der Waals surface area contributed by atoms with Crippen LogP contribution >= 0.6 is 11.3 Å². The molecule has 3 atom stereocenters. The number of carboxylic acid groups (broad SMARTS) is 1. The molecule has 12 nitrogen and oxygen atoms in total. The summed E-state index contributed by atoms with van der Waals surface area (Å²) in [4.78, 5) is 55.1. The Bertz CT molecular complexity index is 1180. The zero-order valence-electron chi connectivity index (χ0n) is 21.2. The minimum atomic E-state index is -1.07. The summed E-state index contributed by atoms with van der Waals surface area (Å²) in [7, 11) is 0. The number of carbonyl (C=O) groups excluding carboxylic acids is 2. The number of nitro benzene ring substituents is 1. The summed E-state index contributed by atoms with van der Waals surface area (Å²) < 4.78 is 5.34. The number of urea groups is 1. The first-order valence-electron chi connectivity index (χ1n) is 12.4. The fraction of sp³-hybridized carbons (Fsp3) is 0.480. The summed E-state index contributed by atoms with van der Waals surface area (Å²) in [5.74, 6) is -1.67. The average molecular weight is 546 g/mol. The van der Waals surface area contributed by atoms with Gasteiger partial charge in [0, 0.05) is 54.8 Å². The van der Waals surface area contributed by atoms with Crippen LogP contribution in [0.3, 0.4) is 0 Å². The number of carboxylic acids is 1. The number of piperazine rings is 1. The standard InChI is InChI=1S/C25H31N5O7S/c1-16-15-29(25(34)27-7-9-37-10-8-27)17(2)14-28(16)20-6-5-18(12-21(20)30(35)36)24(33)26-19(13-23(31)32)22-4-3-11-38-22/h3-6,11-12,16-17,19H,7-10,13-15H2,1-2H3,(H,26,33)(H,31,32). The molecule has 1 aromatic heterocycles. The molecule has 0 aliphatic carbocycles. The van der Waals surface area contributed by atoms with Gasteiger partial charge in [0.05, 0.1) is 30.6 Å². The molecule has 204 valence electrons. The van der Waals surface area contributed by atoms with Gasteiger partial charge in [-0.3, -0.25) is 19.7 Å². The predicted octanol–water partition coefficient (Wildman–Crippen LogP) is 2.95. The van der Waals surface area contributed by atoms with Crippen molar-refractivity contribution in [2.45, 2.75) is 38.4 Å². The number of thiophene rings is 1. The van der Waals surface area contributed by atoms with Crippen molar-refractivity contribution < 1.29 is 29.2 Å². The molecule has 3 unspecified atom stereocenters. The Morgan fingerprint density at radius 1 is 1.18 bits per heavy atom. The summed E-state index contributed by atoms with van der Waals surface area (Å²) in [5, 5.41) is 25.8. The topological polar surface area (TPSA) is 146 Å². The van der Waals surface area contributed by atoms with E-state index in [1.807, 2.05) is 18.7 Å². The number of carbonyl (C=O) groups is 3. The second-order valence-corrected chi connectivity index (χ2v) is 10.5. The van der Waals surface area contributed by atoms with Crippen LogP contribution in [-0.4, -0.2) is 89.2 Å². The molecular formula is C25H31N5O7S. The molecule has 1 aromatic carbocycles. The predicted molar refractivity (Wildman–Crippen MR) is 141 cm³/mol. The Morgan fingerprint density at radius 3 is 2.55 bits per heavy atom. The van der Waals surface area contributed by atoms with Crippen LogP contribution in [0.2, 0.25) is 0 Å². The van der Waals surface area contributed by atoms with Crippen LogP contribution in [0.4, 0.5) is 16.2 Å². The van der Waals surface area contributed by atoms with Gasteiger partial charge in [-0.1, -0.05) is 6.07 Å². The van der Waals surface area contributed by atoms with Crippen molar-refractivity contribution in [3.63, 3.8) is 0 Å². The third-order valence-electron chi connectivity index (χ3n) is 6.83. The highest BCUT2D eigenvalue weighted by molar-refractivity contribution is 7.10. The van der Waals surface area contributed by atoms with Crippen LogP contribution in [0, 0.1) is 10.1 Å². The van der Waals surface area contributed by atoms with Crippen LogP contribution in [0.15, 0.2) is 35.7 Å². The number of amides is 3. The van der Waals surface area contributed by atoms with E-state index in [1.54, 1.807) is 33.4 Å². The fourth-order valence-electron chi connectivity index (χ4n) is 4.85. The average Bonchev–Trinajstić information content (AvgIpc) is 3.44. The van der Waals surface area contributed by atoms with Gasteiger partial charge in [-0.15, -0.1) is 11.3 Å². The smallest absolute Gasteiger partial charge is 0.320 e. The van der Waals surface area contributed by atoms with Gasteiger partial charge in [0.2, 0.25) is 0 Å². The van der Waals surface area contributed by atoms with Gasteiger partial charge in [-0.25, -0.2) is 4.79 Å². The largest absolute Gasteiger partial charge is 0.481 e. The van der Waals surface area contributed by atoms with Crippen molar-refractivity contribution in [2.24, 2.45) is 0 Å². The quantitative estimate of drug-likeness (QED) is 0.399. The lowest BCUT2D eigenvalue weighted by Crippen LogP contribution is -2.61. The van der Waals surface area contributed by atoms with E-state index in [9.17, 15) is 29.6 Å². The Morgan fingerprint density at radius 2 is 1.92 bits per heavy atom. The first-order chi connectivity index (χ1) is 18.2. The summed E-state index contributed by atoms with van der Waals surface area (Å²) >= 11 is 1.32. The molecule has 4 rings (SSSR count). The fourth-order valence-corrected chi connectivity index (χ4v) is 5.63. The first-order valence-corrected chi connectivity index (χ1v) is 13.3. The minimum absolute atomic E-state index is 0.0597. The molecule has 13 heteroatoms. The molecule has 3 heterocycles. The molecule has 0 bridgehead atoms. The molecule has 0 radical (unpaired) electrons. The lowest BCUT2D eigenvalue weighted by molar-refractivity contribution is -0.384. The van der Waals surface area contributed by atoms with E-state index in [1.165, 1.54) is 23.5 Å². The van der Waals surface area contributed by atoms with Gasteiger partial charge >= 0.3 is 12.0 Å². The van der Waals surface area contributed by atoms with E-state index in [4.69, 9.17) is 4.74 Å². The number of aliphatic carboxylic acids is 1. The maximum atomic E-state index is 13.1. The van der Waals surface area contributed by atoms with Gasteiger partial charge in [0.1, 0.15) is 5.69 Å². The molecule has 2 fully saturated rings. The number of anilines is 1. The minimum Gasteiger partial charge on any atom is -0.481 e. The van der Waals surface area contributed by atoms with Crippen LogP contribution in [0.25, 0.3) is 0 Å². The second-order valence-electron chi connectivity index (χ2n) is 9.48. The van der Waals surface area contributed by atoms with Crippen molar-refractivity contribution in [3.8, 4) is 0 Å². The van der Waals surface area contributed by atoms with Crippen LogP contribution < -0.4 is 10.2 Å². The van der Waals surface area contributed by atoms with Crippen LogP contribution in [-0.2, 0) is 9.53 Å². The summed E-state index contributed by atoms with van der Waals surface area (Å²) in [5.41, 5.74) is 0.203. The van der Waals surface area contributed by atoms with Gasteiger partial charge in [-0.2, -0.15) is 0 Å². The highest BCUT2D eigenvalue weighted by atomic mass is 32.1. The van der Waals surface area contributed by atoms with Gasteiger partial charge in [0.25, 0.3) is 11.6 Å². The van der Waals surface area contributed by atoms with E-state index in [-0.39, 0.29) is 35.8 Å². The number of hydrogen-bond acceptors (Lipinski definition) is 8. The molecular weight excluding hydrogens is 514 g/mol.